The van der Waals surface area contributed by atoms with Crippen molar-refractivity contribution in [2.24, 2.45) is 0 Å². The lowest BCUT2D eigenvalue weighted by molar-refractivity contribution is 0.0421. The zero-order valence-electron chi connectivity index (χ0n) is 17.3. The van der Waals surface area contributed by atoms with Gasteiger partial charge in [0.15, 0.2) is 0 Å². The topological polar surface area (TPSA) is 88.3 Å². The Labute approximate surface area is 187 Å². The molecule has 1 aliphatic rings. The Morgan fingerprint density at radius 3 is 2.62 bits per heavy atom. The highest BCUT2D eigenvalue weighted by atomic mass is 35.5. The second-order valence-corrected chi connectivity index (χ2v) is 8.37. The molecule has 1 fully saturated rings. The average Bonchev–Trinajstić information content (AvgIpc) is 3.41. The normalized spacial score (nSPS) is 15.9. The van der Waals surface area contributed by atoms with Crippen LogP contribution in [0, 0.1) is 6.92 Å². The van der Waals surface area contributed by atoms with E-state index in [9.17, 15) is 9.59 Å². The summed E-state index contributed by atoms with van der Waals surface area (Å²) < 4.78 is 18.4. The van der Waals surface area contributed by atoms with Gasteiger partial charge in [-0.2, -0.15) is 5.10 Å². The molecular formula is C22H20ClFN6O2. The number of hydrogen-bond donors (Lipinski definition) is 1. The van der Waals surface area contributed by atoms with Crippen molar-refractivity contribution in [2.75, 3.05) is 13.1 Å². The summed E-state index contributed by atoms with van der Waals surface area (Å²) in [5, 5.41) is 9.16. The zero-order valence-corrected chi connectivity index (χ0v) is 18.0. The van der Waals surface area contributed by atoms with E-state index in [4.69, 9.17) is 11.6 Å². The Hall–Kier alpha value is -3.46. The molecule has 3 aromatic heterocycles. The molecule has 10 heteroatoms. The van der Waals surface area contributed by atoms with Gasteiger partial charge in [0.1, 0.15) is 11.2 Å². The molecule has 0 saturated carbocycles. The van der Waals surface area contributed by atoms with Crippen LogP contribution in [-0.4, -0.2) is 48.3 Å². The van der Waals surface area contributed by atoms with Gasteiger partial charge in [0, 0.05) is 37.2 Å². The highest BCUT2D eigenvalue weighted by Crippen LogP contribution is 2.37. The van der Waals surface area contributed by atoms with E-state index >= 15 is 4.39 Å². The quantitative estimate of drug-likeness (QED) is 0.514. The van der Waals surface area contributed by atoms with E-state index in [0.29, 0.717) is 27.4 Å². The van der Waals surface area contributed by atoms with Crippen LogP contribution in [0.4, 0.5) is 4.39 Å². The van der Waals surface area contributed by atoms with Gasteiger partial charge in [0.25, 0.3) is 11.5 Å². The van der Waals surface area contributed by atoms with Crippen molar-refractivity contribution in [1.82, 2.24) is 29.3 Å². The Morgan fingerprint density at radius 1 is 1.19 bits per heavy atom. The Bertz CT molecular complexity index is 1370. The summed E-state index contributed by atoms with van der Waals surface area (Å²) in [6.45, 7) is 2.30. The van der Waals surface area contributed by atoms with Crippen molar-refractivity contribution in [3.05, 3.63) is 81.0 Å². The van der Waals surface area contributed by atoms with Gasteiger partial charge in [-0.1, -0.05) is 23.7 Å². The molecule has 0 aliphatic carbocycles. The number of halogens is 2. The van der Waals surface area contributed by atoms with E-state index in [-0.39, 0.29) is 43.3 Å². The number of amides is 1. The van der Waals surface area contributed by atoms with Gasteiger partial charge in [-0.3, -0.25) is 14.6 Å². The van der Waals surface area contributed by atoms with Crippen LogP contribution in [0.15, 0.2) is 53.6 Å². The average molecular weight is 455 g/mol. The highest BCUT2D eigenvalue weighted by Gasteiger charge is 2.38. The molecule has 0 unspecified atom stereocenters. The van der Waals surface area contributed by atoms with Crippen molar-refractivity contribution in [3.63, 3.8) is 0 Å². The van der Waals surface area contributed by atoms with Gasteiger partial charge in [-0.25, -0.2) is 13.6 Å². The van der Waals surface area contributed by atoms with Crippen LogP contribution in [0.5, 0.6) is 0 Å². The molecule has 1 N–H and O–H groups in total. The minimum Gasteiger partial charge on any atom is -0.338 e. The number of hydrogen-bond acceptors (Lipinski definition) is 4. The third-order valence-corrected chi connectivity index (χ3v) is 6.29. The van der Waals surface area contributed by atoms with Crippen molar-refractivity contribution < 1.29 is 9.18 Å². The molecule has 164 valence electrons. The molecule has 1 aromatic carbocycles. The van der Waals surface area contributed by atoms with Crippen molar-refractivity contribution in [3.8, 4) is 5.95 Å². The molecule has 32 heavy (non-hydrogen) atoms. The molecule has 1 aliphatic heterocycles. The number of H-pyrrole nitrogens is 1. The van der Waals surface area contributed by atoms with E-state index in [1.54, 1.807) is 54.4 Å². The standard InChI is InChI=1S/C22H20ClFN6O2/c1-14-17(13-25-30(14)21-26-19(31)18-3-2-10-29(18)27-21)20(32)28-11-8-22(24,9-12-28)15-4-6-16(23)7-5-15/h2-7,10,13H,8-9,11-12H2,1H3,(H,26,27,31). The number of alkyl halides is 1. The first-order valence-electron chi connectivity index (χ1n) is 10.2. The van der Waals surface area contributed by atoms with Crippen LogP contribution in [0.1, 0.15) is 34.5 Å². The first-order chi connectivity index (χ1) is 15.4. The van der Waals surface area contributed by atoms with E-state index < -0.39 is 5.67 Å². The summed E-state index contributed by atoms with van der Waals surface area (Å²) >= 11 is 5.91. The molecule has 0 atom stereocenters. The zero-order chi connectivity index (χ0) is 22.5. The maximum Gasteiger partial charge on any atom is 0.276 e. The molecule has 4 aromatic rings. The van der Waals surface area contributed by atoms with Crippen LogP contribution in [0.25, 0.3) is 11.5 Å². The summed E-state index contributed by atoms with van der Waals surface area (Å²) in [6, 6.07) is 10.1. The lowest BCUT2D eigenvalue weighted by Crippen LogP contribution is -2.43. The van der Waals surface area contributed by atoms with Gasteiger partial charge < -0.3 is 4.90 Å². The van der Waals surface area contributed by atoms with Crippen molar-refractivity contribution >= 4 is 23.0 Å². The number of likely N-dealkylation sites (tertiary alicyclic amines) is 1. The van der Waals surface area contributed by atoms with Crippen LogP contribution in [0.3, 0.4) is 0 Å². The van der Waals surface area contributed by atoms with Gasteiger partial charge in [-0.15, -0.1) is 5.10 Å². The molecule has 5 rings (SSSR count). The molecular weight excluding hydrogens is 435 g/mol. The van der Waals surface area contributed by atoms with Crippen LogP contribution in [-0.2, 0) is 5.67 Å². The number of nitrogens with one attached hydrogen (secondary N) is 1. The van der Waals surface area contributed by atoms with Gasteiger partial charge in [0.05, 0.1) is 17.5 Å². The third-order valence-electron chi connectivity index (χ3n) is 6.03. The Morgan fingerprint density at radius 2 is 1.91 bits per heavy atom. The second kappa shape index (κ2) is 7.59. The predicted molar refractivity (Wildman–Crippen MR) is 117 cm³/mol. The fourth-order valence-electron chi connectivity index (χ4n) is 4.13. The lowest BCUT2D eigenvalue weighted by atomic mass is 9.86. The number of fused-ring (bicyclic) bond motifs is 1. The molecule has 0 bridgehead atoms. The molecule has 1 saturated heterocycles. The number of aromatic amines is 1. The molecule has 0 spiro atoms. The van der Waals surface area contributed by atoms with Crippen molar-refractivity contribution in [2.45, 2.75) is 25.4 Å². The summed E-state index contributed by atoms with van der Waals surface area (Å²) in [7, 11) is 0. The predicted octanol–water partition coefficient (Wildman–Crippen LogP) is 3.27. The number of carbonyl (C=O) groups excluding carboxylic acids is 1. The molecule has 1 amide bonds. The van der Waals surface area contributed by atoms with E-state index in [1.165, 1.54) is 15.4 Å². The van der Waals surface area contributed by atoms with Crippen molar-refractivity contribution in [1.29, 1.82) is 0 Å². The number of rotatable bonds is 3. The minimum atomic E-state index is -1.49. The van der Waals surface area contributed by atoms with E-state index in [1.807, 2.05) is 0 Å². The smallest absolute Gasteiger partial charge is 0.276 e. The summed E-state index contributed by atoms with van der Waals surface area (Å²) in [6.07, 6.45) is 3.52. The fraction of sp³-hybridized carbons (Fsp3) is 0.273. The maximum atomic E-state index is 15.5. The van der Waals surface area contributed by atoms with Gasteiger partial charge in [0.2, 0.25) is 5.95 Å². The number of carbonyl (C=O) groups is 1. The maximum absolute atomic E-state index is 15.5. The minimum absolute atomic E-state index is 0.201. The van der Waals surface area contributed by atoms with E-state index in [2.05, 4.69) is 15.2 Å². The number of benzene rings is 1. The number of nitrogens with zero attached hydrogens (tertiary/aromatic N) is 5. The lowest BCUT2D eigenvalue weighted by Gasteiger charge is -2.36. The van der Waals surface area contributed by atoms with Gasteiger partial charge in [-0.05, 0) is 36.8 Å². The monoisotopic (exact) mass is 454 g/mol. The largest absolute Gasteiger partial charge is 0.338 e. The SMILES string of the molecule is Cc1c(C(=O)N2CCC(F)(c3ccc(Cl)cc3)CC2)cnn1-c1nn2cccc2c(=O)[nH]1. The van der Waals surface area contributed by atoms with E-state index in [0.717, 1.165) is 0 Å². The summed E-state index contributed by atoms with van der Waals surface area (Å²) in [5.41, 5.74) is 0.126. The molecule has 0 radical (unpaired) electrons. The number of piperidine rings is 1. The van der Waals surface area contributed by atoms with Crippen LogP contribution >= 0.6 is 11.6 Å². The fourth-order valence-corrected chi connectivity index (χ4v) is 4.26. The molecule has 4 heterocycles. The van der Waals surface area contributed by atoms with Crippen LogP contribution in [0.2, 0.25) is 5.02 Å². The first-order valence-corrected chi connectivity index (χ1v) is 10.6. The summed E-state index contributed by atoms with van der Waals surface area (Å²) in [5.74, 6) is -0.0179. The third kappa shape index (κ3) is 3.38. The number of aromatic nitrogens is 5. The van der Waals surface area contributed by atoms with Gasteiger partial charge >= 0.3 is 0 Å². The highest BCUT2D eigenvalue weighted by molar-refractivity contribution is 6.30. The Kier molecular flexibility index (Phi) is 4.85. The first kappa shape index (κ1) is 20.4. The Balaban J connectivity index is 1.36. The second-order valence-electron chi connectivity index (χ2n) is 7.94. The summed E-state index contributed by atoms with van der Waals surface area (Å²) in [4.78, 5) is 29.7. The molecule has 8 nitrogen and oxygen atoms in total. The van der Waals surface area contributed by atoms with Crippen LogP contribution < -0.4 is 5.56 Å².